The van der Waals surface area contributed by atoms with E-state index in [1.807, 2.05) is 20.0 Å². The second-order valence-corrected chi connectivity index (χ2v) is 5.24. The molecule has 1 rings (SSSR count). The van der Waals surface area contributed by atoms with Gasteiger partial charge in [0, 0.05) is 25.0 Å². The zero-order chi connectivity index (χ0) is 14.3. The highest BCUT2D eigenvalue weighted by Crippen LogP contribution is 2.27. The van der Waals surface area contributed by atoms with E-state index in [0.717, 1.165) is 25.2 Å². The van der Waals surface area contributed by atoms with Crippen molar-refractivity contribution >= 4 is 0 Å². The summed E-state index contributed by atoms with van der Waals surface area (Å²) in [6, 6.07) is 5.22. The average Bonchev–Trinajstić information content (AvgIpc) is 2.37. The molecule has 1 aromatic carbocycles. The summed E-state index contributed by atoms with van der Waals surface area (Å²) < 4.78 is 19.1. The molecule has 2 N–H and O–H groups in total. The summed E-state index contributed by atoms with van der Waals surface area (Å²) in [7, 11) is 1.93. The Morgan fingerprint density at radius 3 is 2.58 bits per heavy atom. The van der Waals surface area contributed by atoms with Crippen LogP contribution in [0.1, 0.15) is 26.3 Å². The molecule has 108 valence electrons. The Labute approximate surface area is 115 Å². The van der Waals surface area contributed by atoms with Gasteiger partial charge in [0.25, 0.3) is 0 Å². The van der Waals surface area contributed by atoms with E-state index in [4.69, 9.17) is 4.74 Å². The molecule has 4 heteroatoms. The number of nitrogens with one attached hydrogen (secondary N) is 2. The standard InChI is InChI=1S/C15H25FN2O/c1-5-19-14-7-6-12(10-13(14)16)15(2,3)11-18-9-8-17-4/h6-7,10,17-18H,5,8-9,11H2,1-4H3. The molecule has 0 atom stereocenters. The van der Waals surface area contributed by atoms with Crippen molar-refractivity contribution in [3.8, 4) is 5.75 Å². The van der Waals surface area contributed by atoms with Crippen molar-refractivity contribution < 1.29 is 9.13 Å². The minimum Gasteiger partial charge on any atom is -0.491 e. The Bertz CT molecular complexity index is 394. The first-order valence-corrected chi connectivity index (χ1v) is 6.79. The van der Waals surface area contributed by atoms with Gasteiger partial charge in [0.05, 0.1) is 6.61 Å². The number of likely N-dealkylation sites (N-methyl/N-ethyl adjacent to an activating group) is 1. The van der Waals surface area contributed by atoms with Crippen molar-refractivity contribution in [1.29, 1.82) is 0 Å². The molecule has 0 bridgehead atoms. The van der Waals surface area contributed by atoms with Gasteiger partial charge in [-0.05, 0) is 31.7 Å². The summed E-state index contributed by atoms with van der Waals surface area (Å²) in [5.74, 6) is 0.0350. The SMILES string of the molecule is CCOc1ccc(C(C)(C)CNCCNC)cc1F. The maximum absolute atomic E-state index is 13.9. The topological polar surface area (TPSA) is 33.3 Å². The summed E-state index contributed by atoms with van der Waals surface area (Å²) in [5, 5.41) is 6.45. The number of hydrogen-bond acceptors (Lipinski definition) is 3. The lowest BCUT2D eigenvalue weighted by molar-refractivity contribution is 0.320. The number of hydrogen-bond donors (Lipinski definition) is 2. The van der Waals surface area contributed by atoms with Crippen molar-refractivity contribution in [3.63, 3.8) is 0 Å². The van der Waals surface area contributed by atoms with Crippen LogP contribution in [0, 0.1) is 5.82 Å². The number of ether oxygens (including phenoxy) is 1. The van der Waals surface area contributed by atoms with E-state index in [0.29, 0.717) is 12.4 Å². The Kier molecular flexibility index (Phi) is 6.25. The van der Waals surface area contributed by atoms with Crippen LogP contribution in [0.3, 0.4) is 0 Å². The average molecular weight is 268 g/mol. The molecular weight excluding hydrogens is 243 g/mol. The lowest BCUT2D eigenvalue weighted by Gasteiger charge is -2.26. The lowest BCUT2D eigenvalue weighted by Crippen LogP contribution is -2.36. The van der Waals surface area contributed by atoms with Gasteiger partial charge in [-0.1, -0.05) is 19.9 Å². The van der Waals surface area contributed by atoms with Gasteiger partial charge in [0.15, 0.2) is 11.6 Å². The van der Waals surface area contributed by atoms with Gasteiger partial charge in [-0.15, -0.1) is 0 Å². The van der Waals surface area contributed by atoms with Crippen LogP contribution in [-0.4, -0.2) is 33.3 Å². The first-order chi connectivity index (χ1) is 9.01. The van der Waals surface area contributed by atoms with Crippen molar-refractivity contribution in [2.45, 2.75) is 26.2 Å². The first kappa shape index (κ1) is 15.9. The van der Waals surface area contributed by atoms with Gasteiger partial charge >= 0.3 is 0 Å². The molecule has 0 heterocycles. The van der Waals surface area contributed by atoms with Crippen LogP contribution in [0.25, 0.3) is 0 Å². The molecule has 0 aliphatic rings. The molecule has 0 aliphatic carbocycles. The maximum atomic E-state index is 13.9. The highest BCUT2D eigenvalue weighted by Gasteiger charge is 2.21. The summed E-state index contributed by atoms with van der Waals surface area (Å²) >= 11 is 0. The van der Waals surface area contributed by atoms with Gasteiger partial charge in [0.2, 0.25) is 0 Å². The zero-order valence-corrected chi connectivity index (χ0v) is 12.3. The van der Waals surface area contributed by atoms with Gasteiger partial charge in [-0.25, -0.2) is 4.39 Å². The maximum Gasteiger partial charge on any atom is 0.165 e. The van der Waals surface area contributed by atoms with E-state index >= 15 is 0 Å². The fraction of sp³-hybridized carbons (Fsp3) is 0.600. The van der Waals surface area contributed by atoms with E-state index in [1.165, 1.54) is 0 Å². The van der Waals surface area contributed by atoms with Crippen LogP contribution in [0.15, 0.2) is 18.2 Å². The first-order valence-electron chi connectivity index (χ1n) is 6.79. The quantitative estimate of drug-likeness (QED) is 0.710. The Morgan fingerprint density at radius 1 is 1.26 bits per heavy atom. The third-order valence-electron chi connectivity index (χ3n) is 3.13. The zero-order valence-electron chi connectivity index (χ0n) is 12.3. The van der Waals surface area contributed by atoms with Gasteiger partial charge in [-0.3, -0.25) is 0 Å². The highest BCUT2D eigenvalue weighted by atomic mass is 19.1. The highest BCUT2D eigenvalue weighted by molar-refractivity contribution is 5.33. The second kappa shape index (κ2) is 7.46. The van der Waals surface area contributed by atoms with Crippen LogP contribution in [0.4, 0.5) is 4.39 Å². The van der Waals surface area contributed by atoms with Crippen LogP contribution < -0.4 is 15.4 Å². The Hall–Kier alpha value is -1.13. The molecule has 0 radical (unpaired) electrons. The molecule has 1 aromatic rings. The van der Waals surface area contributed by atoms with E-state index in [9.17, 15) is 4.39 Å². The van der Waals surface area contributed by atoms with Gasteiger partial charge in [-0.2, -0.15) is 0 Å². The van der Waals surface area contributed by atoms with Crippen LogP contribution in [-0.2, 0) is 5.41 Å². The molecule has 0 spiro atoms. The third kappa shape index (κ3) is 4.80. The molecule has 19 heavy (non-hydrogen) atoms. The monoisotopic (exact) mass is 268 g/mol. The molecule has 3 nitrogen and oxygen atoms in total. The van der Waals surface area contributed by atoms with Crippen LogP contribution in [0.2, 0.25) is 0 Å². The molecular formula is C15H25FN2O. The second-order valence-electron chi connectivity index (χ2n) is 5.24. The molecule has 0 aliphatic heterocycles. The number of benzene rings is 1. The largest absolute Gasteiger partial charge is 0.491 e. The van der Waals surface area contributed by atoms with E-state index < -0.39 is 0 Å². The summed E-state index contributed by atoms with van der Waals surface area (Å²) in [6.07, 6.45) is 0. The summed E-state index contributed by atoms with van der Waals surface area (Å²) in [4.78, 5) is 0. The summed E-state index contributed by atoms with van der Waals surface area (Å²) in [5.41, 5.74) is 0.865. The molecule has 0 fully saturated rings. The van der Waals surface area contributed by atoms with Crippen molar-refractivity contribution in [2.24, 2.45) is 0 Å². The fourth-order valence-corrected chi connectivity index (χ4v) is 1.91. The lowest BCUT2D eigenvalue weighted by atomic mass is 9.84. The molecule has 0 saturated heterocycles. The van der Waals surface area contributed by atoms with E-state index in [1.54, 1.807) is 12.1 Å². The van der Waals surface area contributed by atoms with Crippen LogP contribution >= 0.6 is 0 Å². The summed E-state index contributed by atoms with van der Waals surface area (Å²) in [6.45, 7) is 9.17. The van der Waals surface area contributed by atoms with Gasteiger partial charge < -0.3 is 15.4 Å². The van der Waals surface area contributed by atoms with Crippen LogP contribution in [0.5, 0.6) is 5.75 Å². The van der Waals surface area contributed by atoms with E-state index in [-0.39, 0.29) is 11.2 Å². The van der Waals surface area contributed by atoms with E-state index in [2.05, 4.69) is 24.5 Å². The predicted octanol–water partition coefficient (Wildman–Crippen LogP) is 2.31. The molecule has 0 unspecified atom stereocenters. The third-order valence-corrected chi connectivity index (χ3v) is 3.13. The molecule has 0 saturated carbocycles. The Balaban J connectivity index is 2.69. The molecule has 0 amide bonds. The predicted molar refractivity (Wildman–Crippen MR) is 77.4 cm³/mol. The number of halogens is 1. The van der Waals surface area contributed by atoms with Gasteiger partial charge in [0.1, 0.15) is 0 Å². The normalized spacial score (nSPS) is 11.6. The van der Waals surface area contributed by atoms with Crippen molar-refractivity contribution in [3.05, 3.63) is 29.6 Å². The van der Waals surface area contributed by atoms with Crippen molar-refractivity contribution in [1.82, 2.24) is 10.6 Å². The minimum absolute atomic E-state index is 0.112. The minimum atomic E-state index is -0.289. The Morgan fingerprint density at radius 2 is 2.00 bits per heavy atom. The smallest absolute Gasteiger partial charge is 0.165 e. The molecule has 0 aromatic heterocycles. The number of rotatable bonds is 8. The fourth-order valence-electron chi connectivity index (χ4n) is 1.91. The van der Waals surface area contributed by atoms with Crippen molar-refractivity contribution in [2.75, 3.05) is 33.3 Å².